The quantitative estimate of drug-likeness (QED) is 0.341. The van der Waals surface area contributed by atoms with E-state index in [9.17, 15) is 14.7 Å². The highest BCUT2D eigenvalue weighted by atomic mass is 16.3. The summed E-state index contributed by atoms with van der Waals surface area (Å²) in [5, 5.41) is 22.8. The van der Waals surface area contributed by atoms with Crippen molar-refractivity contribution in [2.45, 2.75) is 31.9 Å². The average molecular weight is 460 g/mol. The van der Waals surface area contributed by atoms with Crippen molar-refractivity contribution < 1.29 is 9.90 Å². The van der Waals surface area contributed by atoms with Crippen molar-refractivity contribution >= 4 is 28.9 Å². The Morgan fingerprint density at radius 2 is 2.00 bits per heavy atom. The first kappa shape index (κ1) is 21.6. The molecule has 0 spiro atoms. The van der Waals surface area contributed by atoms with Crippen molar-refractivity contribution in [1.29, 1.82) is 0 Å². The first-order valence-corrected chi connectivity index (χ1v) is 10.9. The Labute approximate surface area is 194 Å². The molecule has 0 unspecified atom stereocenters. The third-order valence-electron chi connectivity index (χ3n) is 5.75. The summed E-state index contributed by atoms with van der Waals surface area (Å²) in [6.07, 6.45) is 3.80. The van der Waals surface area contributed by atoms with E-state index in [2.05, 4.69) is 31.0 Å². The largest absolute Gasteiger partial charge is 0.393 e. The monoisotopic (exact) mass is 460 g/mol. The molecule has 4 aromatic rings. The van der Waals surface area contributed by atoms with E-state index in [0.717, 1.165) is 5.69 Å². The molecule has 0 radical (unpaired) electrons. The van der Waals surface area contributed by atoms with Gasteiger partial charge in [0, 0.05) is 31.0 Å². The highest BCUT2D eigenvalue weighted by Gasteiger charge is 2.29. The summed E-state index contributed by atoms with van der Waals surface area (Å²) in [7, 11) is 1.73. The lowest BCUT2D eigenvalue weighted by Crippen LogP contribution is -2.46. The Morgan fingerprint density at radius 1 is 1.18 bits per heavy atom. The molecule has 34 heavy (non-hydrogen) atoms. The summed E-state index contributed by atoms with van der Waals surface area (Å²) in [6.45, 7) is 1.86. The number of nitrogens with zero attached hydrogens (tertiary/aromatic N) is 5. The molecule has 0 saturated heterocycles. The van der Waals surface area contributed by atoms with Crippen LogP contribution in [0.25, 0.3) is 11.5 Å². The molecule has 5 rings (SSSR count). The van der Waals surface area contributed by atoms with Gasteiger partial charge in [-0.2, -0.15) is 9.61 Å². The number of aliphatic hydroxyl groups excluding tert-OH is 1. The summed E-state index contributed by atoms with van der Waals surface area (Å²) in [5.41, 5.74) is 1.46. The SMILES string of the molecule is CNc1cc(Nc2cccn(-c3cccc(C)n3)c2=O)nc2c(C(=O)NC3CC(O)C3)cnn12. The smallest absolute Gasteiger partial charge is 0.279 e. The molecule has 11 heteroatoms. The Balaban J connectivity index is 1.49. The van der Waals surface area contributed by atoms with Gasteiger partial charge in [-0.05, 0) is 44.0 Å². The lowest BCUT2D eigenvalue weighted by Gasteiger charge is -2.31. The van der Waals surface area contributed by atoms with Gasteiger partial charge in [-0.15, -0.1) is 0 Å². The molecule has 4 aromatic heterocycles. The second-order valence-electron chi connectivity index (χ2n) is 8.23. The predicted molar refractivity (Wildman–Crippen MR) is 127 cm³/mol. The van der Waals surface area contributed by atoms with E-state index in [-0.39, 0.29) is 23.6 Å². The van der Waals surface area contributed by atoms with Crippen LogP contribution in [0.5, 0.6) is 0 Å². The minimum atomic E-state index is -0.371. The third-order valence-corrected chi connectivity index (χ3v) is 5.75. The Kier molecular flexibility index (Phi) is 5.46. The van der Waals surface area contributed by atoms with E-state index in [4.69, 9.17) is 0 Å². The van der Waals surface area contributed by atoms with E-state index in [0.29, 0.717) is 47.2 Å². The normalized spacial score (nSPS) is 17.3. The summed E-state index contributed by atoms with van der Waals surface area (Å²) < 4.78 is 2.98. The van der Waals surface area contributed by atoms with Crippen molar-refractivity contribution in [3.63, 3.8) is 0 Å². The number of hydrogen-bond donors (Lipinski definition) is 4. The zero-order valence-corrected chi connectivity index (χ0v) is 18.7. The number of amides is 1. The fourth-order valence-electron chi connectivity index (χ4n) is 3.90. The van der Waals surface area contributed by atoms with Gasteiger partial charge in [0.05, 0.1) is 12.3 Å². The molecule has 4 N–H and O–H groups in total. The minimum Gasteiger partial charge on any atom is -0.393 e. The van der Waals surface area contributed by atoms with Crippen molar-refractivity contribution in [1.82, 2.24) is 29.5 Å². The number of hydrogen-bond acceptors (Lipinski definition) is 8. The van der Waals surface area contributed by atoms with Crippen molar-refractivity contribution in [3.8, 4) is 5.82 Å². The molecule has 0 aliphatic heterocycles. The van der Waals surface area contributed by atoms with E-state index in [1.54, 1.807) is 37.5 Å². The van der Waals surface area contributed by atoms with Crippen LogP contribution in [0.2, 0.25) is 0 Å². The molecule has 0 atom stereocenters. The number of nitrogens with one attached hydrogen (secondary N) is 3. The Morgan fingerprint density at radius 3 is 2.74 bits per heavy atom. The summed E-state index contributed by atoms with van der Waals surface area (Å²) in [5.74, 6) is 1.16. The van der Waals surface area contributed by atoms with Crippen LogP contribution in [0, 0.1) is 6.92 Å². The molecule has 1 amide bonds. The number of carbonyl (C=O) groups excluding carboxylic acids is 1. The molecule has 0 bridgehead atoms. The zero-order chi connectivity index (χ0) is 23.8. The van der Waals surface area contributed by atoms with Crippen molar-refractivity contribution in [3.05, 3.63) is 70.4 Å². The molecule has 1 aliphatic carbocycles. The maximum atomic E-state index is 13.1. The standard InChI is InChI=1S/C23H24N8O3/c1-13-5-3-7-19(26-13)30-8-4-6-17(23(30)34)28-18-11-20(24-2)31-21(29-18)16(12-25-31)22(33)27-14-9-15(32)10-14/h3-8,11-12,14-15,24,32H,9-10H2,1-2H3,(H,27,33)(H,28,29). The number of aryl methyl sites for hydroxylation is 1. The van der Waals surface area contributed by atoms with E-state index in [1.807, 2.05) is 19.1 Å². The van der Waals surface area contributed by atoms with Crippen molar-refractivity contribution in [2.24, 2.45) is 0 Å². The maximum Gasteiger partial charge on any atom is 0.279 e. The summed E-state index contributed by atoms with van der Waals surface area (Å²) >= 11 is 0. The first-order valence-electron chi connectivity index (χ1n) is 10.9. The molecular formula is C23H24N8O3. The molecule has 11 nitrogen and oxygen atoms in total. The number of anilines is 3. The fourth-order valence-corrected chi connectivity index (χ4v) is 3.90. The van der Waals surface area contributed by atoms with E-state index >= 15 is 0 Å². The molecule has 0 aromatic carbocycles. The molecule has 1 fully saturated rings. The number of aromatic nitrogens is 5. The van der Waals surface area contributed by atoms with Gasteiger partial charge in [-0.25, -0.2) is 9.97 Å². The van der Waals surface area contributed by atoms with Gasteiger partial charge in [0.1, 0.15) is 28.7 Å². The zero-order valence-electron chi connectivity index (χ0n) is 18.7. The van der Waals surface area contributed by atoms with E-state index < -0.39 is 0 Å². The molecule has 4 heterocycles. The number of rotatable bonds is 6. The highest BCUT2D eigenvalue weighted by Crippen LogP contribution is 2.23. The lowest BCUT2D eigenvalue weighted by atomic mass is 9.89. The lowest BCUT2D eigenvalue weighted by molar-refractivity contribution is 0.0563. The molecule has 174 valence electrons. The predicted octanol–water partition coefficient (Wildman–Crippen LogP) is 1.62. The minimum absolute atomic E-state index is 0.0689. The van der Waals surface area contributed by atoms with Gasteiger partial charge in [-0.1, -0.05) is 6.07 Å². The van der Waals surface area contributed by atoms with Crippen LogP contribution in [0.15, 0.2) is 53.6 Å². The molecule has 1 saturated carbocycles. The fraction of sp³-hybridized carbons (Fsp3) is 0.261. The highest BCUT2D eigenvalue weighted by molar-refractivity contribution is 6.00. The van der Waals surface area contributed by atoms with E-state index in [1.165, 1.54) is 15.3 Å². The number of aliphatic hydroxyl groups is 1. The van der Waals surface area contributed by atoms with Crippen LogP contribution in [0.1, 0.15) is 28.9 Å². The second kappa shape index (κ2) is 8.60. The van der Waals surface area contributed by atoms with Gasteiger partial charge in [-0.3, -0.25) is 14.2 Å². The van der Waals surface area contributed by atoms with Gasteiger partial charge < -0.3 is 21.1 Å². The van der Waals surface area contributed by atoms with Gasteiger partial charge in [0.2, 0.25) is 0 Å². The van der Waals surface area contributed by atoms with Gasteiger partial charge in [0.25, 0.3) is 11.5 Å². The first-order chi connectivity index (χ1) is 16.4. The van der Waals surface area contributed by atoms with Crippen LogP contribution >= 0.6 is 0 Å². The van der Waals surface area contributed by atoms with Crippen LogP contribution in [0.4, 0.5) is 17.3 Å². The topological polar surface area (TPSA) is 138 Å². The third kappa shape index (κ3) is 3.97. The molecule has 1 aliphatic rings. The summed E-state index contributed by atoms with van der Waals surface area (Å²) in [6, 6.07) is 10.5. The van der Waals surface area contributed by atoms with Crippen LogP contribution in [-0.2, 0) is 0 Å². The van der Waals surface area contributed by atoms with Gasteiger partial charge >= 0.3 is 0 Å². The van der Waals surface area contributed by atoms with Crippen LogP contribution in [-0.4, -0.2) is 54.4 Å². The molecular weight excluding hydrogens is 436 g/mol. The average Bonchev–Trinajstić information content (AvgIpc) is 3.23. The number of fused-ring (bicyclic) bond motifs is 1. The summed E-state index contributed by atoms with van der Waals surface area (Å²) in [4.78, 5) is 34.9. The Hall–Kier alpha value is -4.25. The number of carbonyl (C=O) groups is 1. The Bertz CT molecular complexity index is 1440. The second-order valence-corrected chi connectivity index (χ2v) is 8.23. The van der Waals surface area contributed by atoms with Crippen LogP contribution in [0.3, 0.4) is 0 Å². The van der Waals surface area contributed by atoms with Gasteiger partial charge in [0.15, 0.2) is 5.65 Å². The maximum absolute atomic E-state index is 13.1. The van der Waals surface area contributed by atoms with Crippen molar-refractivity contribution in [2.75, 3.05) is 17.7 Å². The van der Waals surface area contributed by atoms with Crippen LogP contribution < -0.4 is 21.5 Å². The number of pyridine rings is 2.